The predicted molar refractivity (Wildman–Crippen MR) is 91.1 cm³/mol. The molecule has 0 aromatic rings. The van der Waals surface area contributed by atoms with Gasteiger partial charge in [-0.05, 0) is 68.6 Å². The van der Waals surface area contributed by atoms with Crippen LogP contribution in [-0.4, -0.2) is 10.7 Å². The van der Waals surface area contributed by atoms with Gasteiger partial charge in [0.15, 0.2) is 0 Å². The number of aliphatic hydroxyl groups is 1. The van der Waals surface area contributed by atoms with Crippen molar-refractivity contribution in [1.29, 1.82) is 0 Å². The molecule has 0 unspecified atom stereocenters. The Kier molecular flexibility index (Phi) is 4.46. The Morgan fingerprint density at radius 2 is 2.05 bits per heavy atom. The number of hydrogen-bond acceptors (Lipinski definition) is 1. The third-order valence-electron chi connectivity index (χ3n) is 6.68. The summed E-state index contributed by atoms with van der Waals surface area (Å²) in [4.78, 5) is 0. The van der Waals surface area contributed by atoms with Crippen LogP contribution in [0.4, 0.5) is 0 Å². The molecule has 1 heteroatoms. The second-order valence-electron chi connectivity index (χ2n) is 8.74. The third-order valence-corrected chi connectivity index (χ3v) is 6.68. The van der Waals surface area contributed by atoms with Crippen LogP contribution in [0.2, 0.25) is 0 Å². The Labute approximate surface area is 131 Å². The Morgan fingerprint density at radius 1 is 1.38 bits per heavy atom. The molecule has 0 heterocycles. The van der Waals surface area contributed by atoms with Crippen molar-refractivity contribution in [2.24, 2.45) is 22.7 Å². The fraction of sp³-hybridized carbons (Fsp3) is 0.800. The van der Waals surface area contributed by atoms with Crippen LogP contribution in [0.3, 0.4) is 0 Å². The molecule has 1 saturated carbocycles. The highest BCUT2D eigenvalue weighted by molar-refractivity contribution is 5.18. The molecule has 0 aromatic carbocycles. The van der Waals surface area contributed by atoms with Gasteiger partial charge in [0.2, 0.25) is 0 Å². The fourth-order valence-electron chi connectivity index (χ4n) is 5.23. The largest absolute Gasteiger partial charge is 0.386 e. The molecular weight excluding hydrogens is 256 g/mol. The van der Waals surface area contributed by atoms with Gasteiger partial charge in [-0.1, -0.05) is 44.9 Å². The van der Waals surface area contributed by atoms with E-state index < -0.39 is 5.60 Å². The first kappa shape index (κ1) is 16.8. The first-order valence-electron chi connectivity index (χ1n) is 8.65. The zero-order valence-corrected chi connectivity index (χ0v) is 14.7. The molecule has 0 saturated heterocycles. The number of fused-ring (bicyclic) bond motifs is 1. The maximum absolute atomic E-state index is 10.3. The first-order valence-corrected chi connectivity index (χ1v) is 8.65. The normalized spacial score (nSPS) is 38.1. The zero-order chi connectivity index (χ0) is 15.9. The van der Waals surface area contributed by atoms with Gasteiger partial charge in [-0.3, -0.25) is 0 Å². The zero-order valence-electron chi connectivity index (χ0n) is 14.7. The number of allylic oxidation sites excluding steroid dienone is 2. The van der Waals surface area contributed by atoms with E-state index in [4.69, 9.17) is 0 Å². The highest BCUT2D eigenvalue weighted by atomic mass is 16.3. The van der Waals surface area contributed by atoms with E-state index in [-0.39, 0.29) is 0 Å². The summed E-state index contributed by atoms with van der Waals surface area (Å²) in [5.74, 6) is 1.39. The maximum Gasteiger partial charge on any atom is 0.0797 e. The highest BCUT2D eigenvalue weighted by Crippen LogP contribution is 2.60. The summed E-state index contributed by atoms with van der Waals surface area (Å²) in [6, 6.07) is 0. The lowest BCUT2D eigenvalue weighted by molar-refractivity contribution is -0.0440. The van der Waals surface area contributed by atoms with Crippen LogP contribution in [0, 0.1) is 22.7 Å². The highest BCUT2D eigenvalue weighted by Gasteiger charge is 2.51. The summed E-state index contributed by atoms with van der Waals surface area (Å²) in [6.07, 6.45) is 11.3. The second-order valence-corrected chi connectivity index (χ2v) is 8.74. The van der Waals surface area contributed by atoms with Gasteiger partial charge in [0.05, 0.1) is 5.60 Å². The van der Waals surface area contributed by atoms with Crippen molar-refractivity contribution in [1.82, 2.24) is 0 Å². The van der Waals surface area contributed by atoms with Crippen LogP contribution in [0.15, 0.2) is 24.3 Å². The Bertz CT molecular complexity index is 429. The van der Waals surface area contributed by atoms with Gasteiger partial charge in [-0.25, -0.2) is 0 Å². The number of rotatable bonds is 4. The van der Waals surface area contributed by atoms with Gasteiger partial charge in [0, 0.05) is 0 Å². The van der Waals surface area contributed by atoms with Crippen LogP contribution in [0.1, 0.15) is 73.1 Å². The van der Waals surface area contributed by atoms with Crippen LogP contribution in [-0.2, 0) is 0 Å². The molecule has 0 spiro atoms. The molecule has 1 nitrogen and oxygen atoms in total. The number of hydrogen-bond donors (Lipinski definition) is 1. The van der Waals surface area contributed by atoms with Crippen molar-refractivity contribution in [3.8, 4) is 0 Å². The molecule has 0 radical (unpaired) electrons. The lowest BCUT2D eigenvalue weighted by Crippen LogP contribution is -2.48. The van der Waals surface area contributed by atoms with Crippen molar-refractivity contribution in [3.05, 3.63) is 24.3 Å². The van der Waals surface area contributed by atoms with Gasteiger partial charge in [-0.2, -0.15) is 0 Å². The van der Waals surface area contributed by atoms with Crippen molar-refractivity contribution >= 4 is 0 Å². The van der Waals surface area contributed by atoms with E-state index in [1.54, 1.807) is 11.6 Å². The molecule has 0 amide bonds. The molecule has 2 aliphatic carbocycles. The van der Waals surface area contributed by atoms with Crippen LogP contribution < -0.4 is 0 Å². The summed E-state index contributed by atoms with van der Waals surface area (Å²) < 4.78 is 0. The summed E-state index contributed by atoms with van der Waals surface area (Å²) in [5, 5.41) is 10.3. The third kappa shape index (κ3) is 3.13. The summed E-state index contributed by atoms with van der Waals surface area (Å²) >= 11 is 0. The molecule has 120 valence electrons. The average molecular weight is 290 g/mol. The lowest BCUT2D eigenvalue weighted by Gasteiger charge is -2.57. The second kappa shape index (κ2) is 5.57. The van der Waals surface area contributed by atoms with Crippen LogP contribution >= 0.6 is 0 Å². The fourth-order valence-corrected chi connectivity index (χ4v) is 5.23. The van der Waals surface area contributed by atoms with E-state index in [1.807, 2.05) is 6.92 Å². The summed E-state index contributed by atoms with van der Waals surface area (Å²) in [7, 11) is 0. The smallest absolute Gasteiger partial charge is 0.0797 e. The van der Waals surface area contributed by atoms with Crippen molar-refractivity contribution in [2.45, 2.75) is 78.7 Å². The molecule has 0 bridgehead atoms. The van der Waals surface area contributed by atoms with Crippen molar-refractivity contribution in [3.63, 3.8) is 0 Å². The molecule has 0 aromatic heterocycles. The van der Waals surface area contributed by atoms with E-state index >= 15 is 0 Å². The van der Waals surface area contributed by atoms with Gasteiger partial charge in [0.25, 0.3) is 0 Å². The lowest BCUT2D eigenvalue weighted by atomic mass is 9.48. The van der Waals surface area contributed by atoms with E-state index in [0.717, 1.165) is 18.8 Å². The van der Waals surface area contributed by atoms with E-state index in [0.29, 0.717) is 16.7 Å². The van der Waals surface area contributed by atoms with E-state index in [9.17, 15) is 5.11 Å². The predicted octanol–water partition coefficient (Wildman–Crippen LogP) is 5.50. The van der Waals surface area contributed by atoms with Crippen molar-refractivity contribution < 1.29 is 5.11 Å². The standard InChI is InChI=1S/C20H34O/c1-7-19(5,21)14-11-16-15(2)9-10-17-18(3,4)12-8-13-20(16,17)6/h7,9,16-17,21H,1,8,10-14H2,2-6H3/t16-,17+,19-,20+/m0/s1. The van der Waals surface area contributed by atoms with Gasteiger partial charge < -0.3 is 5.11 Å². The van der Waals surface area contributed by atoms with Crippen LogP contribution in [0.5, 0.6) is 0 Å². The Hall–Kier alpha value is -0.560. The monoisotopic (exact) mass is 290 g/mol. The van der Waals surface area contributed by atoms with Crippen LogP contribution in [0.25, 0.3) is 0 Å². The minimum Gasteiger partial charge on any atom is -0.386 e. The minimum atomic E-state index is -0.728. The maximum atomic E-state index is 10.3. The van der Waals surface area contributed by atoms with E-state index in [2.05, 4.69) is 40.3 Å². The molecular formula is C20H34O. The minimum absolute atomic E-state index is 0.401. The van der Waals surface area contributed by atoms with Crippen molar-refractivity contribution in [2.75, 3.05) is 0 Å². The van der Waals surface area contributed by atoms with Gasteiger partial charge in [0.1, 0.15) is 0 Å². The van der Waals surface area contributed by atoms with Gasteiger partial charge in [-0.15, -0.1) is 6.58 Å². The average Bonchev–Trinajstić information content (AvgIpc) is 2.36. The first-order chi connectivity index (χ1) is 9.62. The topological polar surface area (TPSA) is 20.2 Å². The van der Waals surface area contributed by atoms with E-state index in [1.165, 1.54) is 25.7 Å². The molecule has 0 aliphatic heterocycles. The SMILES string of the molecule is C=C[C@](C)(O)CC[C@H]1C(C)=CC[C@@H]2C(C)(C)CCC[C@@]21C. The molecule has 1 fully saturated rings. The molecule has 2 rings (SSSR count). The molecule has 2 aliphatic rings. The molecule has 4 atom stereocenters. The van der Waals surface area contributed by atoms with Gasteiger partial charge >= 0.3 is 0 Å². The summed E-state index contributed by atoms with van der Waals surface area (Å²) in [5.41, 5.74) is 1.67. The molecule has 21 heavy (non-hydrogen) atoms. The summed E-state index contributed by atoms with van der Waals surface area (Å²) in [6.45, 7) is 15.4. The quantitative estimate of drug-likeness (QED) is 0.678. The Morgan fingerprint density at radius 3 is 2.67 bits per heavy atom. The molecule has 1 N–H and O–H groups in total. The Balaban J connectivity index is 2.24.